The average molecular weight is 377 g/mol. The molecule has 1 aliphatic heterocycles. The van der Waals surface area contributed by atoms with Gasteiger partial charge in [0.1, 0.15) is 11.6 Å². The van der Waals surface area contributed by atoms with Gasteiger partial charge in [0.15, 0.2) is 5.76 Å². The Bertz CT molecular complexity index is 788. The van der Waals surface area contributed by atoms with E-state index in [1.54, 1.807) is 17.0 Å². The summed E-state index contributed by atoms with van der Waals surface area (Å²) in [6.45, 7) is 1.59. The molecule has 0 saturated carbocycles. The van der Waals surface area contributed by atoms with E-state index in [2.05, 4.69) is 10.6 Å². The van der Waals surface area contributed by atoms with Crippen molar-refractivity contribution in [3.05, 3.63) is 54.0 Å². The molecule has 27 heavy (non-hydrogen) atoms. The molecule has 1 fully saturated rings. The van der Waals surface area contributed by atoms with Gasteiger partial charge in [-0.05, 0) is 49.4 Å². The van der Waals surface area contributed by atoms with Crippen molar-refractivity contribution in [3.63, 3.8) is 0 Å². The second kappa shape index (κ2) is 8.66. The summed E-state index contributed by atoms with van der Waals surface area (Å²) >= 11 is 0. The lowest BCUT2D eigenvalue weighted by Gasteiger charge is -2.32. The maximum atomic E-state index is 13.6. The molecule has 8 heteroatoms. The molecule has 0 radical (unpaired) electrons. The minimum atomic E-state index is -0.674. The monoisotopic (exact) mass is 377 g/mol. The van der Waals surface area contributed by atoms with Gasteiger partial charge in [0, 0.05) is 25.7 Å². The lowest BCUT2D eigenvalue weighted by atomic mass is 9.94. The number of rotatable bonds is 5. The Balaban J connectivity index is 1.40. The number of nitrogens with one attached hydrogen (secondary N) is 2. The smallest absolute Gasteiger partial charge is 0.321 e. The number of nitrogens with zero attached hydrogens (tertiary/aromatic N) is 1. The lowest BCUT2D eigenvalue weighted by Crippen LogP contribution is -2.41. The number of carbonyl (C=O) groups is 2. The molecule has 2 N–H and O–H groups in total. The van der Waals surface area contributed by atoms with Crippen LogP contribution in [0, 0.1) is 17.6 Å². The van der Waals surface area contributed by atoms with E-state index in [-0.39, 0.29) is 17.4 Å². The van der Waals surface area contributed by atoms with Crippen LogP contribution in [0.3, 0.4) is 0 Å². The van der Waals surface area contributed by atoms with Crippen molar-refractivity contribution >= 4 is 17.6 Å². The highest BCUT2D eigenvalue weighted by Gasteiger charge is 2.23. The molecule has 3 amide bonds. The summed E-state index contributed by atoms with van der Waals surface area (Å²) in [5.41, 5.74) is -0.164. The molecule has 0 bridgehead atoms. The Hall–Kier alpha value is -2.90. The van der Waals surface area contributed by atoms with Gasteiger partial charge in [-0.25, -0.2) is 13.6 Å². The van der Waals surface area contributed by atoms with Crippen LogP contribution >= 0.6 is 0 Å². The fourth-order valence-electron chi connectivity index (χ4n) is 3.10. The first-order valence-corrected chi connectivity index (χ1v) is 8.85. The molecule has 0 unspecified atom stereocenters. The largest absolute Gasteiger partial charge is 0.459 e. The van der Waals surface area contributed by atoms with E-state index in [1.165, 1.54) is 6.26 Å². The van der Waals surface area contributed by atoms with Crippen LogP contribution in [0.1, 0.15) is 29.8 Å². The molecule has 1 saturated heterocycles. The van der Waals surface area contributed by atoms with E-state index in [0.29, 0.717) is 25.6 Å². The molecule has 0 atom stereocenters. The van der Waals surface area contributed by atoms with Gasteiger partial charge in [0.2, 0.25) is 0 Å². The van der Waals surface area contributed by atoms with Crippen LogP contribution in [0.25, 0.3) is 0 Å². The zero-order valence-electron chi connectivity index (χ0n) is 14.7. The highest BCUT2D eigenvalue weighted by molar-refractivity contribution is 5.91. The summed E-state index contributed by atoms with van der Waals surface area (Å²) in [5.74, 6) is -0.856. The molecular weight excluding hydrogens is 356 g/mol. The van der Waals surface area contributed by atoms with Gasteiger partial charge in [0.25, 0.3) is 5.91 Å². The molecule has 2 heterocycles. The molecule has 1 aliphatic rings. The first kappa shape index (κ1) is 18.9. The number of benzene rings is 1. The number of hydrogen-bond acceptors (Lipinski definition) is 3. The van der Waals surface area contributed by atoms with Crippen molar-refractivity contribution in [3.8, 4) is 0 Å². The van der Waals surface area contributed by atoms with Crippen LogP contribution in [0.5, 0.6) is 0 Å². The van der Waals surface area contributed by atoms with Crippen molar-refractivity contribution in [2.24, 2.45) is 5.92 Å². The second-order valence-electron chi connectivity index (χ2n) is 6.51. The van der Waals surface area contributed by atoms with Gasteiger partial charge in [-0.1, -0.05) is 0 Å². The third kappa shape index (κ3) is 5.06. The number of piperidine rings is 1. The van der Waals surface area contributed by atoms with Gasteiger partial charge in [-0.15, -0.1) is 0 Å². The minimum absolute atomic E-state index is 0.164. The van der Waals surface area contributed by atoms with Crippen LogP contribution in [0.15, 0.2) is 41.0 Å². The fraction of sp³-hybridized carbons (Fsp3) is 0.368. The predicted molar refractivity (Wildman–Crippen MR) is 95.3 cm³/mol. The quantitative estimate of drug-likeness (QED) is 0.836. The molecule has 3 rings (SSSR count). The fourth-order valence-corrected chi connectivity index (χ4v) is 3.10. The van der Waals surface area contributed by atoms with E-state index in [1.807, 2.05) is 0 Å². The van der Waals surface area contributed by atoms with E-state index < -0.39 is 17.7 Å². The molecule has 0 spiro atoms. The minimum Gasteiger partial charge on any atom is -0.459 e. The number of carbonyl (C=O) groups excluding carboxylic acids is 2. The van der Waals surface area contributed by atoms with Crippen LogP contribution in [0.2, 0.25) is 0 Å². The van der Waals surface area contributed by atoms with Crippen molar-refractivity contribution in [2.45, 2.75) is 19.3 Å². The van der Waals surface area contributed by atoms with Crippen molar-refractivity contribution in [1.82, 2.24) is 10.2 Å². The Kier molecular flexibility index (Phi) is 6.05. The van der Waals surface area contributed by atoms with E-state index in [0.717, 1.165) is 37.5 Å². The lowest BCUT2D eigenvalue weighted by molar-refractivity contribution is 0.0921. The number of likely N-dealkylation sites (tertiary alicyclic amines) is 1. The number of anilines is 1. The number of urea groups is 1. The van der Waals surface area contributed by atoms with Crippen LogP contribution in [-0.2, 0) is 0 Å². The van der Waals surface area contributed by atoms with Crippen LogP contribution in [-0.4, -0.2) is 36.5 Å². The molecule has 1 aromatic carbocycles. The van der Waals surface area contributed by atoms with Gasteiger partial charge >= 0.3 is 6.03 Å². The van der Waals surface area contributed by atoms with Gasteiger partial charge in [-0.3, -0.25) is 4.79 Å². The SMILES string of the molecule is O=C(NCCC1CCN(C(=O)Nc2cc(F)ccc2F)CC1)c1ccco1. The summed E-state index contributed by atoms with van der Waals surface area (Å²) in [6, 6.07) is 5.76. The third-order valence-electron chi connectivity index (χ3n) is 4.65. The first-order chi connectivity index (χ1) is 13.0. The number of furan rings is 1. The Morgan fingerprint density at radius 3 is 2.67 bits per heavy atom. The Labute approximate surface area is 155 Å². The van der Waals surface area contributed by atoms with Crippen molar-refractivity contribution in [2.75, 3.05) is 25.0 Å². The number of amides is 3. The van der Waals surface area contributed by atoms with Gasteiger partial charge < -0.3 is 20.0 Å². The normalized spacial score (nSPS) is 14.8. The Morgan fingerprint density at radius 1 is 1.19 bits per heavy atom. The molecule has 0 aliphatic carbocycles. The van der Waals surface area contributed by atoms with E-state index in [4.69, 9.17) is 4.42 Å². The zero-order valence-corrected chi connectivity index (χ0v) is 14.7. The first-order valence-electron chi connectivity index (χ1n) is 8.85. The topological polar surface area (TPSA) is 74.6 Å². The second-order valence-corrected chi connectivity index (χ2v) is 6.51. The summed E-state index contributed by atoms with van der Waals surface area (Å²) in [5, 5.41) is 5.22. The summed E-state index contributed by atoms with van der Waals surface area (Å²) in [7, 11) is 0. The third-order valence-corrected chi connectivity index (χ3v) is 4.65. The van der Waals surface area contributed by atoms with Crippen molar-refractivity contribution < 1.29 is 22.8 Å². The molecule has 6 nitrogen and oxygen atoms in total. The number of hydrogen-bond donors (Lipinski definition) is 2. The molecule has 144 valence electrons. The summed E-state index contributed by atoms with van der Waals surface area (Å²) in [6.07, 6.45) is 3.83. The zero-order chi connectivity index (χ0) is 19.2. The van der Waals surface area contributed by atoms with Gasteiger partial charge in [0.05, 0.1) is 12.0 Å². The van der Waals surface area contributed by atoms with E-state index >= 15 is 0 Å². The van der Waals surface area contributed by atoms with E-state index in [9.17, 15) is 18.4 Å². The van der Waals surface area contributed by atoms with Gasteiger partial charge in [-0.2, -0.15) is 0 Å². The highest BCUT2D eigenvalue weighted by Crippen LogP contribution is 2.22. The summed E-state index contributed by atoms with van der Waals surface area (Å²) in [4.78, 5) is 25.6. The molecular formula is C19H21F2N3O3. The van der Waals surface area contributed by atoms with Crippen molar-refractivity contribution in [1.29, 1.82) is 0 Å². The van der Waals surface area contributed by atoms with Crippen LogP contribution in [0.4, 0.5) is 19.3 Å². The summed E-state index contributed by atoms with van der Waals surface area (Å²) < 4.78 is 31.8. The number of halogens is 2. The van der Waals surface area contributed by atoms with Crippen LogP contribution < -0.4 is 10.6 Å². The average Bonchev–Trinajstić information content (AvgIpc) is 3.20. The maximum Gasteiger partial charge on any atom is 0.321 e. The molecule has 2 aromatic rings. The predicted octanol–water partition coefficient (Wildman–Crippen LogP) is 3.62. The standard InChI is InChI=1S/C19H21F2N3O3/c20-14-3-4-15(21)16(12-14)23-19(26)24-9-6-13(7-10-24)5-8-22-18(25)17-2-1-11-27-17/h1-4,11-13H,5-10H2,(H,22,25)(H,23,26). The molecule has 1 aromatic heterocycles. The highest BCUT2D eigenvalue weighted by atomic mass is 19.1. The Morgan fingerprint density at radius 2 is 1.96 bits per heavy atom. The maximum absolute atomic E-state index is 13.6.